The number of anilines is 4. The van der Waals surface area contributed by atoms with E-state index in [4.69, 9.17) is 14.2 Å². The van der Waals surface area contributed by atoms with Gasteiger partial charge in [-0.2, -0.15) is 10.1 Å². The zero-order valence-electron chi connectivity index (χ0n) is 16.0. The van der Waals surface area contributed by atoms with Gasteiger partial charge in [0.05, 0.1) is 27.5 Å². The van der Waals surface area contributed by atoms with E-state index in [1.54, 1.807) is 27.5 Å². The van der Waals surface area contributed by atoms with Gasteiger partial charge in [-0.15, -0.1) is 5.10 Å². The van der Waals surface area contributed by atoms with Crippen molar-refractivity contribution >= 4 is 23.1 Å². The average Bonchev–Trinajstić information content (AvgIpc) is 3.17. The van der Waals surface area contributed by atoms with E-state index in [0.29, 0.717) is 29.0 Å². The third-order valence-corrected chi connectivity index (χ3v) is 4.61. The SMILES string of the molecule is COc1cc(Nc2cnnc(N3CCc4ccccc43)n2)cc(OC)c1OC. The zero-order valence-corrected chi connectivity index (χ0v) is 16.0. The molecule has 1 N–H and O–H groups in total. The minimum absolute atomic E-state index is 0.533. The maximum Gasteiger partial charge on any atom is 0.251 e. The molecule has 3 aromatic rings. The molecule has 0 spiro atoms. The number of rotatable bonds is 6. The van der Waals surface area contributed by atoms with E-state index in [2.05, 4.69) is 37.5 Å². The Kier molecular flexibility index (Phi) is 4.84. The van der Waals surface area contributed by atoms with Gasteiger partial charge in [-0.25, -0.2) is 0 Å². The summed E-state index contributed by atoms with van der Waals surface area (Å²) < 4.78 is 16.2. The predicted molar refractivity (Wildman–Crippen MR) is 106 cm³/mol. The number of nitrogens with one attached hydrogen (secondary N) is 1. The Bertz CT molecular complexity index is 970. The van der Waals surface area contributed by atoms with Gasteiger partial charge in [0.25, 0.3) is 5.95 Å². The molecule has 0 bridgehead atoms. The molecule has 1 aliphatic heterocycles. The molecule has 2 aromatic carbocycles. The largest absolute Gasteiger partial charge is 0.493 e. The maximum absolute atomic E-state index is 5.40. The zero-order chi connectivity index (χ0) is 19.5. The van der Waals surface area contributed by atoms with Gasteiger partial charge in [0.2, 0.25) is 5.75 Å². The minimum Gasteiger partial charge on any atom is -0.493 e. The van der Waals surface area contributed by atoms with Crippen LogP contribution in [0.2, 0.25) is 0 Å². The van der Waals surface area contributed by atoms with Crippen molar-refractivity contribution in [1.29, 1.82) is 0 Å². The highest BCUT2D eigenvalue weighted by atomic mass is 16.5. The number of hydrogen-bond donors (Lipinski definition) is 1. The highest BCUT2D eigenvalue weighted by Crippen LogP contribution is 2.40. The van der Waals surface area contributed by atoms with Crippen LogP contribution in [0.25, 0.3) is 0 Å². The van der Waals surface area contributed by atoms with E-state index < -0.39 is 0 Å². The molecule has 4 rings (SSSR count). The van der Waals surface area contributed by atoms with Crippen LogP contribution in [-0.2, 0) is 6.42 Å². The molecule has 8 nitrogen and oxygen atoms in total. The molecule has 0 fully saturated rings. The molecular weight excluding hydrogens is 358 g/mol. The second-order valence-corrected chi connectivity index (χ2v) is 6.21. The Hall–Kier alpha value is -3.55. The lowest BCUT2D eigenvalue weighted by molar-refractivity contribution is 0.324. The first-order valence-corrected chi connectivity index (χ1v) is 8.85. The summed E-state index contributed by atoms with van der Waals surface area (Å²) in [4.78, 5) is 6.70. The Balaban J connectivity index is 1.63. The molecular formula is C20H21N5O3. The van der Waals surface area contributed by atoms with Crippen molar-refractivity contribution in [2.75, 3.05) is 38.1 Å². The Labute approximate surface area is 163 Å². The third kappa shape index (κ3) is 3.24. The lowest BCUT2D eigenvalue weighted by Crippen LogP contribution is -2.17. The number of methoxy groups -OCH3 is 3. The standard InChI is InChI=1S/C20H21N5O3/c1-26-16-10-14(11-17(27-2)19(16)28-3)22-18-12-21-24-20(23-18)25-9-8-13-6-4-5-7-15(13)25/h4-7,10-12H,8-9H2,1-3H3,(H,22,23,24). The Morgan fingerprint density at radius 3 is 2.46 bits per heavy atom. The van der Waals surface area contributed by atoms with Crippen molar-refractivity contribution in [2.45, 2.75) is 6.42 Å². The van der Waals surface area contributed by atoms with Crippen LogP contribution in [0.1, 0.15) is 5.56 Å². The first-order valence-electron chi connectivity index (χ1n) is 8.85. The van der Waals surface area contributed by atoms with Gasteiger partial charge in [-0.3, -0.25) is 0 Å². The number of fused-ring (bicyclic) bond motifs is 1. The van der Waals surface area contributed by atoms with E-state index in [0.717, 1.165) is 24.3 Å². The first-order chi connectivity index (χ1) is 13.7. The lowest BCUT2D eigenvalue weighted by Gasteiger charge is -2.18. The van der Waals surface area contributed by atoms with Crippen LogP contribution in [0, 0.1) is 0 Å². The summed E-state index contributed by atoms with van der Waals surface area (Å²) in [6, 6.07) is 11.9. The van der Waals surface area contributed by atoms with E-state index in [1.165, 1.54) is 5.56 Å². The fourth-order valence-corrected chi connectivity index (χ4v) is 3.32. The van der Waals surface area contributed by atoms with E-state index in [1.807, 2.05) is 24.3 Å². The summed E-state index contributed by atoms with van der Waals surface area (Å²) in [5, 5.41) is 11.6. The van der Waals surface area contributed by atoms with Gasteiger partial charge in [-0.05, 0) is 18.1 Å². The van der Waals surface area contributed by atoms with Crippen LogP contribution < -0.4 is 24.4 Å². The summed E-state index contributed by atoms with van der Waals surface area (Å²) in [6.07, 6.45) is 2.54. The summed E-state index contributed by atoms with van der Waals surface area (Å²) >= 11 is 0. The summed E-state index contributed by atoms with van der Waals surface area (Å²) in [5.41, 5.74) is 3.14. The molecule has 0 radical (unpaired) electrons. The monoisotopic (exact) mass is 379 g/mol. The minimum atomic E-state index is 0.533. The summed E-state index contributed by atoms with van der Waals surface area (Å²) in [5.74, 6) is 2.77. The molecule has 0 amide bonds. The highest BCUT2D eigenvalue weighted by Gasteiger charge is 2.22. The smallest absolute Gasteiger partial charge is 0.251 e. The fourth-order valence-electron chi connectivity index (χ4n) is 3.32. The molecule has 0 saturated carbocycles. The van der Waals surface area contributed by atoms with Crippen molar-refractivity contribution in [3.05, 3.63) is 48.2 Å². The molecule has 2 heterocycles. The van der Waals surface area contributed by atoms with Crippen molar-refractivity contribution in [1.82, 2.24) is 15.2 Å². The summed E-state index contributed by atoms with van der Waals surface area (Å²) in [6.45, 7) is 0.828. The molecule has 28 heavy (non-hydrogen) atoms. The molecule has 0 unspecified atom stereocenters. The number of para-hydroxylation sites is 1. The normalized spacial score (nSPS) is 12.5. The van der Waals surface area contributed by atoms with E-state index >= 15 is 0 Å². The summed E-state index contributed by atoms with van der Waals surface area (Å²) in [7, 11) is 4.73. The second-order valence-electron chi connectivity index (χ2n) is 6.21. The van der Waals surface area contributed by atoms with Crippen molar-refractivity contribution in [3.8, 4) is 17.2 Å². The number of nitrogens with zero attached hydrogens (tertiary/aromatic N) is 4. The van der Waals surface area contributed by atoms with Gasteiger partial charge < -0.3 is 24.4 Å². The van der Waals surface area contributed by atoms with Gasteiger partial charge in [0.1, 0.15) is 0 Å². The van der Waals surface area contributed by atoms with Crippen LogP contribution in [0.15, 0.2) is 42.6 Å². The fraction of sp³-hybridized carbons (Fsp3) is 0.250. The van der Waals surface area contributed by atoms with Crippen LogP contribution in [0.3, 0.4) is 0 Å². The van der Waals surface area contributed by atoms with E-state index in [-0.39, 0.29) is 0 Å². The molecule has 0 atom stereocenters. The van der Waals surface area contributed by atoms with Gasteiger partial charge in [0, 0.05) is 30.1 Å². The molecule has 0 aliphatic carbocycles. The number of ether oxygens (including phenoxy) is 3. The molecule has 1 aliphatic rings. The van der Waals surface area contributed by atoms with Gasteiger partial charge in [0.15, 0.2) is 17.3 Å². The van der Waals surface area contributed by atoms with Crippen LogP contribution in [0.4, 0.5) is 23.1 Å². The first kappa shape index (κ1) is 17.8. The maximum atomic E-state index is 5.40. The predicted octanol–water partition coefficient (Wildman–Crippen LogP) is 3.34. The van der Waals surface area contributed by atoms with Crippen LogP contribution >= 0.6 is 0 Å². The lowest BCUT2D eigenvalue weighted by atomic mass is 10.2. The van der Waals surface area contributed by atoms with Crippen molar-refractivity contribution < 1.29 is 14.2 Å². The Morgan fingerprint density at radius 1 is 1.00 bits per heavy atom. The van der Waals surface area contributed by atoms with Crippen LogP contribution in [0.5, 0.6) is 17.2 Å². The van der Waals surface area contributed by atoms with Crippen molar-refractivity contribution in [2.24, 2.45) is 0 Å². The average molecular weight is 379 g/mol. The highest BCUT2D eigenvalue weighted by molar-refractivity contribution is 5.68. The number of benzene rings is 2. The number of aromatic nitrogens is 3. The topological polar surface area (TPSA) is 81.6 Å². The Morgan fingerprint density at radius 2 is 1.75 bits per heavy atom. The third-order valence-electron chi connectivity index (χ3n) is 4.61. The van der Waals surface area contributed by atoms with Crippen LogP contribution in [-0.4, -0.2) is 43.1 Å². The molecule has 144 valence electrons. The molecule has 1 aromatic heterocycles. The van der Waals surface area contributed by atoms with Gasteiger partial charge >= 0.3 is 0 Å². The molecule has 0 saturated heterocycles. The molecule has 8 heteroatoms. The number of hydrogen-bond acceptors (Lipinski definition) is 8. The van der Waals surface area contributed by atoms with Crippen molar-refractivity contribution in [3.63, 3.8) is 0 Å². The second kappa shape index (κ2) is 7.59. The quantitative estimate of drug-likeness (QED) is 0.698. The van der Waals surface area contributed by atoms with Gasteiger partial charge in [-0.1, -0.05) is 18.2 Å². The van der Waals surface area contributed by atoms with E-state index in [9.17, 15) is 0 Å².